The Hall–Kier alpha value is -3.89. The predicted octanol–water partition coefficient (Wildman–Crippen LogP) is 5.18. The van der Waals surface area contributed by atoms with E-state index in [1.165, 1.54) is 0 Å². The summed E-state index contributed by atoms with van der Waals surface area (Å²) in [6.07, 6.45) is 11.8. The van der Waals surface area contributed by atoms with Crippen molar-refractivity contribution in [2.45, 2.75) is 0 Å². The molecule has 3 aromatic rings. The minimum absolute atomic E-state index is 0. The summed E-state index contributed by atoms with van der Waals surface area (Å²) in [5, 5.41) is 6.36. The Morgan fingerprint density at radius 2 is 1.18 bits per heavy atom. The minimum Gasteiger partial charge on any atom is -0.358 e. The van der Waals surface area contributed by atoms with E-state index in [0.717, 1.165) is 22.3 Å². The number of ketones is 2. The second-order valence-electron chi connectivity index (χ2n) is 7.37. The van der Waals surface area contributed by atoms with E-state index in [1.54, 1.807) is 36.8 Å². The molecule has 0 unspecified atom stereocenters. The maximum Gasteiger partial charge on any atom is 0.187 e. The number of nitrogens with zero attached hydrogens (tertiary/aromatic N) is 1. The van der Waals surface area contributed by atoms with Gasteiger partial charge in [0.25, 0.3) is 0 Å². The van der Waals surface area contributed by atoms with Crippen molar-refractivity contribution in [3.63, 3.8) is 0 Å². The normalized spacial score (nSPS) is 16.2. The van der Waals surface area contributed by atoms with Gasteiger partial charge >= 0.3 is 0 Å². The molecule has 33 heavy (non-hydrogen) atoms. The van der Waals surface area contributed by atoms with Crippen molar-refractivity contribution in [3.8, 4) is 0 Å². The largest absolute Gasteiger partial charge is 0.358 e. The molecule has 0 fully saturated rings. The fourth-order valence-electron chi connectivity index (χ4n) is 3.78. The molecule has 2 aliphatic rings. The first kappa shape index (κ1) is 22.3. The summed E-state index contributed by atoms with van der Waals surface area (Å²) >= 11 is 0. The average molecular weight is 483 g/mol. The first-order chi connectivity index (χ1) is 15.7. The molecule has 2 aliphatic carbocycles. The van der Waals surface area contributed by atoms with Gasteiger partial charge in [0.2, 0.25) is 0 Å². The standard InChI is InChI=1S/C27H19N3O2.Zn/c31-25-13-11-18-6-1-3-8-20(18)22(25)16-29-24-10-5-15-28-27(24)30-17-23-21-9-4-2-7-19(21)12-14-26(23)32;/h1-17,29H,(H,28,30);/b22-16-,23-17-;. The van der Waals surface area contributed by atoms with E-state index >= 15 is 0 Å². The van der Waals surface area contributed by atoms with Crippen molar-refractivity contribution in [1.29, 1.82) is 0 Å². The van der Waals surface area contributed by atoms with Gasteiger partial charge in [-0.25, -0.2) is 4.98 Å². The quantitative estimate of drug-likeness (QED) is 0.396. The minimum atomic E-state index is -0.0695. The fourth-order valence-corrected chi connectivity index (χ4v) is 3.78. The molecule has 6 heteroatoms. The van der Waals surface area contributed by atoms with Crippen molar-refractivity contribution in [2.75, 3.05) is 10.6 Å². The van der Waals surface area contributed by atoms with Gasteiger partial charge in [-0.1, -0.05) is 60.7 Å². The molecule has 0 radical (unpaired) electrons. The maximum atomic E-state index is 12.5. The molecule has 1 heterocycles. The second kappa shape index (κ2) is 9.72. The van der Waals surface area contributed by atoms with E-state index in [4.69, 9.17) is 0 Å². The third-order valence-corrected chi connectivity index (χ3v) is 5.39. The third kappa shape index (κ3) is 4.52. The van der Waals surface area contributed by atoms with Gasteiger partial charge in [-0.05, 0) is 46.5 Å². The molecule has 5 nitrogen and oxygen atoms in total. The van der Waals surface area contributed by atoms with E-state index < -0.39 is 0 Å². The van der Waals surface area contributed by atoms with Crippen LogP contribution in [0.15, 0.2) is 91.4 Å². The Kier molecular flexibility index (Phi) is 6.57. The molecular weight excluding hydrogens is 464 g/mol. The van der Waals surface area contributed by atoms with Crippen LogP contribution in [-0.2, 0) is 29.1 Å². The zero-order valence-electron chi connectivity index (χ0n) is 17.8. The number of nitrogens with one attached hydrogen (secondary N) is 2. The average Bonchev–Trinajstić information content (AvgIpc) is 2.83. The van der Waals surface area contributed by atoms with Gasteiger partial charge in [0.05, 0.1) is 5.69 Å². The molecule has 0 amide bonds. The van der Waals surface area contributed by atoms with E-state index in [2.05, 4.69) is 15.6 Å². The van der Waals surface area contributed by atoms with E-state index in [-0.39, 0.29) is 31.0 Å². The summed E-state index contributed by atoms with van der Waals surface area (Å²) in [7, 11) is 0. The Morgan fingerprint density at radius 1 is 0.636 bits per heavy atom. The summed E-state index contributed by atoms with van der Waals surface area (Å²) in [5.74, 6) is 0.414. The third-order valence-electron chi connectivity index (χ3n) is 5.39. The molecule has 0 bridgehead atoms. The van der Waals surface area contributed by atoms with Gasteiger partial charge in [-0.2, -0.15) is 0 Å². The van der Waals surface area contributed by atoms with Crippen LogP contribution in [0.5, 0.6) is 0 Å². The number of fused-ring (bicyclic) bond motifs is 2. The molecule has 1 aromatic heterocycles. The number of allylic oxidation sites excluding steroid dienone is 4. The molecule has 156 valence electrons. The SMILES string of the molecule is O=C1C=Cc2ccccc2/C1=C/Nc1cccnc1N/C=C1\C(=O)C=Cc2ccccc21.[Zn]. The van der Waals surface area contributed by atoms with E-state index in [0.29, 0.717) is 22.7 Å². The Labute approximate surface area is 204 Å². The topological polar surface area (TPSA) is 71.1 Å². The summed E-state index contributed by atoms with van der Waals surface area (Å²) < 4.78 is 0. The summed E-state index contributed by atoms with van der Waals surface area (Å²) in [4.78, 5) is 29.3. The van der Waals surface area contributed by atoms with Crippen LogP contribution in [0.2, 0.25) is 0 Å². The monoisotopic (exact) mass is 481 g/mol. The van der Waals surface area contributed by atoms with Crippen LogP contribution in [-0.4, -0.2) is 16.6 Å². The second-order valence-corrected chi connectivity index (χ2v) is 7.37. The number of carbonyl (C=O) groups excluding carboxylic acids is 2. The van der Waals surface area contributed by atoms with Crippen molar-refractivity contribution in [3.05, 3.63) is 114 Å². The zero-order chi connectivity index (χ0) is 21.9. The van der Waals surface area contributed by atoms with Crippen LogP contribution in [0, 0.1) is 0 Å². The maximum absolute atomic E-state index is 12.5. The number of hydrogen-bond acceptors (Lipinski definition) is 5. The molecule has 2 N–H and O–H groups in total. The molecule has 0 spiro atoms. The van der Waals surface area contributed by atoms with Crippen LogP contribution in [0.1, 0.15) is 22.3 Å². The van der Waals surface area contributed by atoms with Gasteiger partial charge < -0.3 is 10.6 Å². The van der Waals surface area contributed by atoms with Crippen LogP contribution in [0.3, 0.4) is 0 Å². The molecule has 0 atom stereocenters. The number of aromatic nitrogens is 1. The van der Waals surface area contributed by atoms with Crippen molar-refractivity contribution in [1.82, 2.24) is 4.98 Å². The smallest absolute Gasteiger partial charge is 0.187 e. The zero-order valence-corrected chi connectivity index (χ0v) is 20.8. The summed E-state index contributed by atoms with van der Waals surface area (Å²) in [5.41, 5.74) is 5.57. The van der Waals surface area contributed by atoms with Crippen LogP contribution >= 0.6 is 0 Å². The Balaban J connectivity index is 0.00000259. The van der Waals surface area contributed by atoms with Crippen molar-refractivity contribution >= 4 is 46.4 Å². The number of hydrogen-bond donors (Lipinski definition) is 2. The van der Waals surface area contributed by atoms with Crippen molar-refractivity contribution in [2.24, 2.45) is 0 Å². The summed E-state index contributed by atoms with van der Waals surface area (Å²) in [6, 6.07) is 19.2. The summed E-state index contributed by atoms with van der Waals surface area (Å²) in [6.45, 7) is 0. The molecule has 0 saturated carbocycles. The van der Waals surface area contributed by atoms with Gasteiger partial charge in [0.1, 0.15) is 0 Å². The molecular formula is C27H19N3O2Zn. The fraction of sp³-hybridized carbons (Fsp3) is 0. The number of rotatable bonds is 4. The van der Waals surface area contributed by atoms with Crippen LogP contribution in [0.25, 0.3) is 23.3 Å². The number of benzene rings is 2. The molecule has 5 rings (SSSR count). The van der Waals surface area contributed by atoms with Gasteiger partial charge in [-0.15, -0.1) is 0 Å². The Bertz CT molecular complexity index is 1260. The van der Waals surface area contributed by atoms with Crippen molar-refractivity contribution < 1.29 is 29.1 Å². The van der Waals surface area contributed by atoms with Gasteiger partial charge in [0.15, 0.2) is 17.4 Å². The van der Waals surface area contributed by atoms with E-state index in [9.17, 15) is 9.59 Å². The molecule has 0 saturated heterocycles. The number of anilines is 2. The van der Waals surface area contributed by atoms with Gasteiger partial charge in [-0.3, -0.25) is 9.59 Å². The van der Waals surface area contributed by atoms with Gasteiger partial charge in [0, 0.05) is 49.2 Å². The Morgan fingerprint density at radius 3 is 1.79 bits per heavy atom. The molecule has 2 aromatic carbocycles. The van der Waals surface area contributed by atoms with Crippen LogP contribution < -0.4 is 10.6 Å². The molecule has 0 aliphatic heterocycles. The first-order valence-electron chi connectivity index (χ1n) is 10.2. The first-order valence-corrected chi connectivity index (χ1v) is 10.2. The number of carbonyl (C=O) groups is 2. The van der Waals surface area contributed by atoms with E-state index in [1.807, 2.05) is 66.7 Å². The predicted molar refractivity (Wildman–Crippen MR) is 128 cm³/mol. The van der Waals surface area contributed by atoms with Crippen LogP contribution in [0.4, 0.5) is 11.5 Å². The number of pyridine rings is 1.